The molecule has 0 bridgehead atoms. The minimum Gasteiger partial charge on any atom is -0.466 e. The highest BCUT2D eigenvalue weighted by atomic mass is 16.5. The molecule has 2 aromatic rings. The van der Waals surface area contributed by atoms with Gasteiger partial charge in [-0.05, 0) is 122 Å². The van der Waals surface area contributed by atoms with Crippen molar-refractivity contribution in [2.45, 2.75) is 95.8 Å². The third-order valence-corrected chi connectivity index (χ3v) is 11.5. The summed E-state index contributed by atoms with van der Waals surface area (Å²) >= 11 is 0. The first-order valence-electron chi connectivity index (χ1n) is 21.1. The lowest BCUT2D eigenvalue weighted by Gasteiger charge is -2.29. The molecule has 2 unspecified atom stereocenters. The second kappa shape index (κ2) is 21.3. The number of methoxy groups -OCH3 is 2. The van der Waals surface area contributed by atoms with Crippen molar-refractivity contribution in [3.8, 4) is 0 Å². The van der Waals surface area contributed by atoms with Crippen molar-refractivity contribution in [2.75, 3.05) is 14.2 Å². The monoisotopic (exact) mass is 842 g/mol. The third kappa shape index (κ3) is 11.8. The summed E-state index contributed by atoms with van der Waals surface area (Å²) in [6, 6.07) is 3.52. The van der Waals surface area contributed by atoms with Crippen molar-refractivity contribution >= 4 is 47.2 Å². The summed E-state index contributed by atoms with van der Waals surface area (Å²) in [4.78, 5) is 101. The molecule has 2 aromatic heterocycles. The van der Waals surface area contributed by atoms with Gasteiger partial charge in [0.05, 0.1) is 27.1 Å². The van der Waals surface area contributed by atoms with Gasteiger partial charge in [-0.15, -0.1) is 0 Å². The summed E-state index contributed by atoms with van der Waals surface area (Å²) in [5.74, 6) is -1.95. The molecule has 0 N–H and O–H groups in total. The number of rotatable bonds is 19. The van der Waals surface area contributed by atoms with Gasteiger partial charge in [0.1, 0.15) is 11.5 Å². The smallest absolute Gasteiger partial charge is 0.339 e. The molecule has 322 valence electrons. The SMILES string of the molecule is COC(=O)C(=CC1=CCC(=O)C=C1)CCCCCC(C(=CC1=CCC(=O)C=C1)C(=O)OC)C(CCCCCc1cc2c(oc1=O)CC(=O)C=C2)c1cc2c(oc1=O)CC(=O)C=C2. The topological polar surface area (TPSA) is 181 Å². The Morgan fingerprint density at radius 3 is 1.79 bits per heavy atom. The molecule has 0 fully saturated rings. The van der Waals surface area contributed by atoms with Crippen LogP contribution >= 0.6 is 0 Å². The number of fused-ring (bicyclic) bond motifs is 2. The molecule has 0 aromatic carbocycles. The highest BCUT2D eigenvalue weighted by Crippen LogP contribution is 2.39. The fourth-order valence-corrected chi connectivity index (χ4v) is 8.23. The maximum Gasteiger partial charge on any atom is 0.339 e. The Morgan fingerprint density at radius 1 is 0.613 bits per heavy atom. The number of esters is 2. The van der Waals surface area contributed by atoms with E-state index in [1.807, 2.05) is 0 Å². The molecule has 0 saturated heterocycles. The Hall–Kier alpha value is -6.56. The van der Waals surface area contributed by atoms with E-state index in [1.54, 1.807) is 60.7 Å². The summed E-state index contributed by atoms with van der Waals surface area (Å²) < 4.78 is 21.7. The van der Waals surface area contributed by atoms with E-state index < -0.39 is 35.0 Å². The van der Waals surface area contributed by atoms with Gasteiger partial charge in [-0.25, -0.2) is 19.2 Å². The normalized spacial score (nSPS) is 17.0. The van der Waals surface area contributed by atoms with E-state index in [9.17, 15) is 38.4 Å². The number of hydrogen-bond donors (Lipinski definition) is 0. The number of aryl methyl sites for hydroxylation is 1. The fraction of sp³-hybridized carbons (Fsp3) is 0.360. The van der Waals surface area contributed by atoms with Gasteiger partial charge in [0.25, 0.3) is 0 Å². The highest BCUT2D eigenvalue weighted by Gasteiger charge is 2.34. The standard InChI is InChI=1S/C50H50O12/c1-59-47(55)35(25-31-13-19-37(51)20-14-31)9-5-3-7-11-41(43(49(57)60-2)26-32-15-21-38(52)22-16-32)42(44-28-34-18-24-40(54)30-46(34)62-50(44)58)12-8-4-6-10-36-27-33-17-23-39(53)29-45(33)61-48(36)56/h13-19,21,23-28,41-42H,3-12,20,22,29-30H2,1-2H3. The van der Waals surface area contributed by atoms with E-state index in [4.69, 9.17) is 18.3 Å². The lowest BCUT2D eigenvalue weighted by molar-refractivity contribution is -0.137. The summed E-state index contributed by atoms with van der Waals surface area (Å²) in [5.41, 5.74) is 3.27. The summed E-state index contributed by atoms with van der Waals surface area (Å²) in [6.45, 7) is 0. The van der Waals surface area contributed by atoms with Crippen LogP contribution in [0.2, 0.25) is 0 Å². The van der Waals surface area contributed by atoms with Crippen molar-refractivity contribution in [2.24, 2.45) is 5.92 Å². The van der Waals surface area contributed by atoms with Gasteiger partial charge in [-0.3, -0.25) is 19.2 Å². The second-order valence-corrected chi connectivity index (χ2v) is 15.8. The average molecular weight is 843 g/mol. The molecule has 12 heteroatoms. The number of allylic oxidation sites excluding steroid dienone is 12. The van der Waals surface area contributed by atoms with Crippen molar-refractivity contribution in [3.63, 3.8) is 0 Å². The first-order chi connectivity index (χ1) is 29.9. The highest BCUT2D eigenvalue weighted by molar-refractivity contribution is 5.98. The predicted octanol–water partition coefficient (Wildman–Crippen LogP) is 7.43. The Bertz CT molecular complexity index is 2510. The zero-order valence-corrected chi connectivity index (χ0v) is 35.0. The van der Waals surface area contributed by atoms with Crippen LogP contribution in [0.3, 0.4) is 0 Å². The number of hydrogen-bond acceptors (Lipinski definition) is 12. The van der Waals surface area contributed by atoms with Crippen molar-refractivity contribution in [1.82, 2.24) is 0 Å². The van der Waals surface area contributed by atoms with Gasteiger partial charge in [0, 0.05) is 46.2 Å². The van der Waals surface area contributed by atoms with E-state index in [0.29, 0.717) is 109 Å². The number of carbonyl (C=O) groups excluding carboxylic acids is 6. The molecule has 2 heterocycles. The molecular formula is C50H50O12. The van der Waals surface area contributed by atoms with Crippen LogP contribution in [0.4, 0.5) is 0 Å². The molecule has 0 saturated carbocycles. The largest absolute Gasteiger partial charge is 0.466 e. The molecule has 0 radical (unpaired) electrons. The molecule has 62 heavy (non-hydrogen) atoms. The minimum absolute atomic E-state index is 0.0170. The maximum absolute atomic E-state index is 14.0. The van der Waals surface area contributed by atoms with E-state index >= 15 is 0 Å². The van der Waals surface area contributed by atoms with E-state index in [0.717, 1.165) is 5.57 Å². The molecule has 2 atom stereocenters. The Kier molecular flexibility index (Phi) is 15.5. The van der Waals surface area contributed by atoms with Gasteiger partial charge in [-0.2, -0.15) is 0 Å². The maximum atomic E-state index is 14.0. The number of unbranched alkanes of at least 4 members (excludes halogenated alkanes) is 4. The van der Waals surface area contributed by atoms with Crippen molar-refractivity contribution in [3.05, 3.63) is 150 Å². The Morgan fingerprint density at radius 2 is 1.18 bits per heavy atom. The first-order valence-corrected chi connectivity index (χ1v) is 21.1. The van der Waals surface area contributed by atoms with Gasteiger partial charge in [0.2, 0.25) is 0 Å². The molecule has 4 aliphatic rings. The van der Waals surface area contributed by atoms with E-state index in [1.165, 1.54) is 38.5 Å². The van der Waals surface area contributed by atoms with Gasteiger partial charge < -0.3 is 18.3 Å². The summed E-state index contributed by atoms with van der Waals surface area (Å²) in [7, 11) is 2.62. The summed E-state index contributed by atoms with van der Waals surface area (Å²) in [6.07, 6.45) is 25.3. The third-order valence-electron chi connectivity index (χ3n) is 11.5. The second-order valence-electron chi connectivity index (χ2n) is 15.8. The Balaban J connectivity index is 1.28. The molecule has 6 rings (SSSR count). The van der Waals surface area contributed by atoms with Crippen LogP contribution < -0.4 is 11.3 Å². The predicted molar refractivity (Wildman–Crippen MR) is 231 cm³/mol. The number of carbonyl (C=O) groups is 6. The van der Waals surface area contributed by atoms with Crippen molar-refractivity contribution < 1.29 is 47.1 Å². The van der Waals surface area contributed by atoms with Crippen LogP contribution in [0, 0.1) is 5.92 Å². The Labute approximate surface area is 359 Å². The van der Waals surface area contributed by atoms with Crippen molar-refractivity contribution in [1.29, 1.82) is 0 Å². The minimum atomic E-state index is -0.604. The number of ketones is 4. The van der Waals surface area contributed by atoms with E-state index in [-0.39, 0.29) is 54.6 Å². The van der Waals surface area contributed by atoms with Crippen LogP contribution in [0.25, 0.3) is 12.2 Å². The van der Waals surface area contributed by atoms with Crippen LogP contribution in [0.5, 0.6) is 0 Å². The molecule has 0 aliphatic heterocycles. The van der Waals surface area contributed by atoms with Gasteiger partial charge in [0.15, 0.2) is 23.1 Å². The van der Waals surface area contributed by atoms with Crippen LogP contribution in [-0.4, -0.2) is 49.3 Å². The molecule has 0 amide bonds. The average Bonchev–Trinajstić information content (AvgIpc) is 3.26. The zero-order chi connectivity index (χ0) is 44.2. The van der Waals surface area contributed by atoms with Gasteiger partial charge in [-0.1, -0.05) is 50.0 Å². The van der Waals surface area contributed by atoms with E-state index in [2.05, 4.69) is 0 Å². The lowest BCUT2D eigenvalue weighted by Crippen LogP contribution is -2.27. The molecule has 4 aliphatic carbocycles. The molecular weight excluding hydrogens is 793 g/mol. The molecule has 12 nitrogen and oxygen atoms in total. The zero-order valence-electron chi connectivity index (χ0n) is 35.0. The van der Waals surface area contributed by atoms with Gasteiger partial charge >= 0.3 is 23.2 Å². The number of ether oxygens (including phenoxy) is 2. The summed E-state index contributed by atoms with van der Waals surface area (Å²) in [5, 5.41) is 0. The quantitative estimate of drug-likeness (QED) is 0.0776. The first kappa shape index (κ1) is 45.0. The van der Waals surface area contributed by atoms with Crippen LogP contribution in [0.15, 0.2) is 114 Å². The molecule has 0 spiro atoms. The lowest BCUT2D eigenvalue weighted by atomic mass is 9.74. The fourth-order valence-electron chi connectivity index (χ4n) is 8.23. The van der Waals surface area contributed by atoms with Crippen LogP contribution in [-0.2, 0) is 57.5 Å². The van der Waals surface area contributed by atoms with Crippen LogP contribution in [0.1, 0.15) is 110 Å².